The molecule has 0 spiro atoms. The lowest BCUT2D eigenvalue weighted by atomic mass is 9.81. The molecule has 0 heterocycles. The third kappa shape index (κ3) is 2.82. The number of nitrogens with two attached hydrogens (primary N) is 1. The van der Waals surface area contributed by atoms with Crippen molar-refractivity contribution in [2.24, 2.45) is 23.5 Å². The molecule has 0 saturated heterocycles. The fourth-order valence-corrected chi connectivity index (χ4v) is 4.70. The van der Waals surface area contributed by atoms with E-state index in [2.05, 4.69) is 6.08 Å². The Morgan fingerprint density at radius 1 is 1.11 bits per heavy atom. The van der Waals surface area contributed by atoms with Gasteiger partial charge >= 0.3 is 0 Å². The smallest absolute Gasteiger partial charge is 0.0256 e. The SMILES string of the molecule is NC(CC1CC2CCC1C2)C1=CCCCCCC1. The molecule has 0 aromatic heterocycles. The van der Waals surface area contributed by atoms with Crippen molar-refractivity contribution in [3.63, 3.8) is 0 Å². The molecule has 1 nitrogen and oxygen atoms in total. The molecule has 0 aromatic rings. The van der Waals surface area contributed by atoms with Crippen LogP contribution in [0.2, 0.25) is 0 Å². The summed E-state index contributed by atoms with van der Waals surface area (Å²) >= 11 is 0. The topological polar surface area (TPSA) is 26.0 Å². The molecule has 3 aliphatic carbocycles. The molecule has 0 aromatic carbocycles. The van der Waals surface area contributed by atoms with E-state index in [9.17, 15) is 0 Å². The van der Waals surface area contributed by atoms with Crippen LogP contribution in [0.3, 0.4) is 0 Å². The fourth-order valence-electron chi connectivity index (χ4n) is 4.70. The van der Waals surface area contributed by atoms with Crippen LogP contribution >= 0.6 is 0 Å². The Morgan fingerprint density at radius 3 is 2.78 bits per heavy atom. The Kier molecular flexibility index (Phi) is 4.08. The third-order valence-corrected chi connectivity index (χ3v) is 5.74. The van der Waals surface area contributed by atoms with Crippen molar-refractivity contribution in [2.45, 2.75) is 76.7 Å². The van der Waals surface area contributed by atoms with E-state index in [0.717, 1.165) is 17.8 Å². The maximum Gasteiger partial charge on any atom is 0.0256 e. The van der Waals surface area contributed by atoms with Crippen LogP contribution in [0.25, 0.3) is 0 Å². The summed E-state index contributed by atoms with van der Waals surface area (Å²) in [4.78, 5) is 0. The Bertz CT molecular complexity index is 307. The van der Waals surface area contributed by atoms with Crippen molar-refractivity contribution >= 4 is 0 Å². The van der Waals surface area contributed by atoms with Gasteiger partial charge in [-0.25, -0.2) is 0 Å². The average molecular weight is 247 g/mol. The second-order valence-electron chi connectivity index (χ2n) is 7.01. The van der Waals surface area contributed by atoms with Gasteiger partial charge in [-0.15, -0.1) is 0 Å². The van der Waals surface area contributed by atoms with Gasteiger partial charge < -0.3 is 5.73 Å². The molecule has 0 amide bonds. The van der Waals surface area contributed by atoms with Gasteiger partial charge in [0, 0.05) is 6.04 Å². The zero-order chi connectivity index (χ0) is 12.4. The molecule has 2 N–H and O–H groups in total. The molecule has 3 rings (SSSR count). The van der Waals surface area contributed by atoms with Crippen molar-refractivity contribution in [3.8, 4) is 0 Å². The van der Waals surface area contributed by atoms with Gasteiger partial charge in [0.15, 0.2) is 0 Å². The molecule has 3 aliphatic rings. The highest BCUT2D eigenvalue weighted by molar-refractivity contribution is 5.11. The lowest BCUT2D eigenvalue weighted by Crippen LogP contribution is -2.28. The summed E-state index contributed by atoms with van der Waals surface area (Å²) in [5.74, 6) is 3.07. The van der Waals surface area contributed by atoms with Gasteiger partial charge in [0.1, 0.15) is 0 Å². The van der Waals surface area contributed by atoms with Gasteiger partial charge in [-0.05, 0) is 69.1 Å². The van der Waals surface area contributed by atoms with E-state index in [1.54, 1.807) is 5.57 Å². The minimum absolute atomic E-state index is 0.382. The van der Waals surface area contributed by atoms with Crippen LogP contribution in [-0.4, -0.2) is 6.04 Å². The monoisotopic (exact) mass is 247 g/mol. The minimum Gasteiger partial charge on any atom is -0.324 e. The Morgan fingerprint density at radius 2 is 2.00 bits per heavy atom. The molecule has 2 fully saturated rings. The first-order valence-electron chi connectivity index (χ1n) is 8.27. The van der Waals surface area contributed by atoms with Crippen molar-refractivity contribution in [1.29, 1.82) is 0 Å². The summed E-state index contributed by atoms with van der Waals surface area (Å²) in [6.45, 7) is 0. The second kappa shape index (κ2) is 5.77. The van der Waals surface area contributed by atoms with Gasteiger partial charge in [-0.3, -0.25) is 0 Å². The number of allylic oxidation sites excluding steroid dienone is 1. The Balaban J connectivity index is 1.55. The largest absolute Gasteiger partial charge is 0.324 e. The predicted octanol–water partition coefficient (Wildman–Crippen LogP) is 4.42. The number of hydrogen-bond donors (Lipinski definition) is 1. The van der Waals surface area contributed by atoms with Crippen LogP contribution in [0.15, 0.2) is 11.6 Å². The highest BCUT2D eigenvalue weighted by Gasteiger charge is 2.39. The Labute approximate surface area is 112 Å². The third-order valence-electron chi connectivity index (χ3n) is 5.74. The number of rotatable bonds is 3. The van der Waals surface area contributed by atoms with Crippen LogP contribution in [0, 0.1) is 17.8 Å². The van der Waals surface area contributed by atoms with E-state index in [1.807, 2.05) is 0 Å². The van der Waals surface area contributed by atoms with Crippen molar-refractivity contribution in [3.05, 3.63) is 11.6 Å². The molecule has 4 atom stereocenters. The molecule has 2 bridgehead atoms. The molecule has 18 heavy (non-hydrogen) atoms. The van der Waals surface area contributed by atoms with Gasteiger partial charge in [-0.1, -0.05) is 30.9 Å². The van der Waals surface area contributed by atoms with Gasteiger partial charge in [-0.2, -0.15) is 0 Å². The highest BCUT2D eigenvalue weighted by atomic mass is 14.6. The van der Waals surface area contributed by atoms with E-state index in [1.165, 1.54) is 70.6 Å². The first-order valence-corrected chi connectivity index (χ1v) is 8.27. The van der Waals surface area contributed by atoms with E-state index in [0.29, 0.717) is 6.04 Å². The molecule has 4 unspecified atom stereocenters. The van der Waals surface area contributed by atoms with Gasteiger partial charge in [0.05, 0.1) is 0 Å². The molecule has 1 heteroatoms. The van der Waals surface area contributed by atoms with Crippen molar-refractivity contribution < 1.29 is 0 Å². The maximum atomic E-state index is 6.51. The quantitative estimate of drug-likeness (QED) is 0.734. The van der Waals surface area contributed by atoms with Crippen LogP contribution < -0.4 is 5.73 Å². The lowest BCUT2D eigenvalue weighted by Gasteiger charge is -2.26. The van der Waals surface area contributed by atoms with Crippen LogP contribution in [0.4, 0.5) is 0 Å². The molecule has 102 valence electrons. The van der Waals surface area contributed by atoms with E-state index >= 15 is 0 Å². The molecular formula is C17H29N. The predicted molar refractivity (Wildman–Crippen MR) is 77.3 cm³/mol. The highest BCUT2D eigenvalue weighted by Crippen LogP contribution is 2.50. The van der Waals surface area contributed by atoms with E-state index < -0.39 is 0 Å². The standard InChI is InChI=1S/C17H29N/c18-17(14-6-4-2-1-3-5-7-14)12-16-11-13-8-9-15(16)10-13/h6,13,15-17H,1-5,7-12,18H2. The summed E-state index contributed by atoms with van der Waals surface area (Å²) < 4.78 is 0. The van der Waals surface area contributed by atoms with Crippen molar-refractivity contribution in [2.75, 3.05) is 0 Å². The molecule has 2 saturated carbocycles. The average Bonchev–Trinajstić information content (AvgIpc) is 2.90. The zero-order valence-electron chi connectivity index (χ0n) is 11.7. The van der Waals surface area contributed by atoms with Crippen molar-refractivity contribution in [1.82, 2.24) is 0 Å². The minimum atomic E-state index is 0.382. The molecular weight excluding hydrogens is 218 g/mol. The number of hydrogen-bond acceptors (Lipinski definition) is 1. The fraction of sp³-hybridized carbons (Fsp3) is 0.882. The zero-order valence-corrected chi connectivity index (χ0v) is 11.7. The van der Waals surface area contributed by atoms with Gasteiger partial charge in [0.2, 0.25) is 0 Å². The molecule has 0 aliphatic heterocycles. The normalized spacial score (nSPS) is 38.1. The first kappa shape index (κ1) is 12.7. The summed E-state index contributed by atoms with van der Waals surface area (Å²) in [5.41, 5.74) is 8.11. The number of fused-ring (bicyclic) bond motifs is 2. The first-order chi connectivity index (χ1) is 8.83. The summed E-state index contributed by atoms with van der Waals surface area (Å²) in [6.07, 6.45) is 17.9. The van der Waals surface area contributed by atoms with Crippen LogP contribution in [0.5, 0.6) is 0 Å². The second-order valence-corrected chi connectivity index (χ2v) is 7.01. The van der Waals surface area contributed by atoms with E-state index in [4.69, 9.17) is 5.73 Å². The summed E-state index contributed by atoms with van der Waals surface area (Å²) in [5, 5.41) is 0. The van der Waals surface area contributed by atoms with Crippen LogP contribution in [-0.2, 0) is 0 Å². The Hall–Kier alpha value is -0.300. The maximum absolute atomic E-state index is 6.51. The summed E-state index contributed by atoms with van der Waals surface area (Å²) in [6, 6.07) is 0.382. The van der Waals surface area contributed by atoms with E-state index in [-0.39, 0.29) is 0 Å². The molecule has 0 radical (unpaired) electrons. The lowest BCUT2D eigenvalue weighted by molar-refractivity contribution is 0.301. The van der Waals surface area contributed by atoms with Crippen LogP contribution in [0.1, 0.15) is 70.6 Å². The van der Waals surface area contributed by atoms with Gasteiger partial charge in [0.25, 0.3) is 0 Å². The summed E-state index contributed by atoms with van der Waals surface area (Å²) in [7, 11) is 0.